The van der Waals surface area contributed by atoms with E-state index >= 15 is 0 Å². The molecule has 1 aromatic rings. The van der Waals surface area contributed by atoms with Crippen molar-refractivity contribution in [2.45, 2.75) is 37.8 Å². The summed E-state index contributed by atoms with van der Waals surface area (Å²) in [4.78, 5) is 49.8. The molecule has 140 valence electrons. The van der Waals surface area contributed by atoms with Gasteiger partial charge in [-0.1, -0.05) is 11.6 Å². The van der Waals surface area contributed by atoms with Crippen LogP contribution in [0.5, 0.6) is 0 Å². The van der Waals surface area contributed by atoms with E-state index in [-0.39, 0.29) is 23.2 Å². The molecule has 1 aliphatic carbocycles. The number of hydrogen-bond donors (Lipinski definition) is 2. The summed E-state index contributed by atoms with van der Waals surface area (Å²) in [5.74, 6) is -2.76. The van der Waals surface area contributed by atoms with Gasteiger partial charge in [-0.25, -0.2) is 9.48 Å². The Morgan fingerprint density at radius 2 is 1.81 bits per heavy atom. The number of aromatic nitrogens is 3. The predicted octanol–water partition coefficient (Wildman–Crippen LogP) is -1.41. The van der Waals surface area contributed by atoms with Crippen molar-refractivity contribution in [2.24, 2.45) is 17.4 Å². The molecule has 2 atom stereocenters. The number of esters is 1. The van der Waals surface area contributed by atoms with E-state index in [2.05, 4.69) is 10.3 Å². The van der Waals surface area contributed by atoms with Gasteiger partial charge in [-0.3, -0.25) is 14.4 Å². The van der Waals surface area contributed by atoms with Gasteiger partial charge in [-0.05, 0) is 19.3 Å². The van der Waals surface area contributed by atoms with Crippen molar-refractivity contribution in [3.8, 4) is 0 Å². The molecule has 0 aromatic carbocycles. The summed E-state index contributed by atoms with van der Waals surface area (Å²) >= 11 is 0. The molecular formula is C15H20N6O5. The summed E-state index contributed by atoms with van der Waals surface area (Å²) in [5.41, 5.74) is 9.90. The highest BCUT2D eigenvalue weighted by Crippen LogP contribution is 2.35. The monoisotopic (exact) mass is 364 g/mol. The molecule has 0 bridgehead atoms. The first-order chi connectivity index (χ1) is 12.4. The molecule has 2 aliphatic rings. The number of ether oxygens (including phenoxy) is 1. The van der Waals surface area contributed by atoms with Crippen molar-refractivity contribution in [1.82, 2.24) is 19.9 Å². The fourth-order valence-corrected chi connectivity index (χ4v) is 3.50. The Morgan fingerprint density at radius 1 is 1.12 bits per heavy atom. The van der Waals surface area contributed by atoms with Gasteiger partial charge in [-0.15, -0.1) is 5.10 Å². The fraction of sp³-hybridized carbons (Fsp3) is 0.600. The minimum absolute atomic E-state index is 0.103. The first-order valence-electron chi connectivity index (χ1n) is 8.30. The standard InChI is InChI=1S/C15H20N6O5/c1-26-15(25)10-8(5-6-20(10)14(24)7-3-2-4-7)21-11(13(17)23)9(12(16)22)18-19-21/h7-8,10H,2-6H2,1H3,(H2,16,22)(H2,17,23)/t8-,10-/m0/s1. The molecule has 11 heteroatoms. The van der Waals surface area contributed by atoms with Crippen LogP contribution in [-0.4, -0.2) is 63.3 Å². The third-order valence-electron chi connectivity index (χ3n) is 5.02. The molecule has 1 aromatic heterocycles. The molecular weight excluding hydrogens is 344 g/mol. The molecule has 2 heterocycles. The summed E-state index contributed by atoms with van der Waals surface area (Å²) < 4.78 is 5.96. The van der Waals surface area contributed by atoms with Crippen molar-refractivity contribution < 1.29 is 23.9 Å². The number of primary amides is 2. The van der Waals surface area contributed by atoms with Crippen LogP contribution in [-0.2, 0) is 14.3 Å². The lowest BCUT2D eigenvalue weighted by atomic mass is 9.84. The highest BCUT2D eigenvalue weighted by atomic mass is 16.5. The van der Waals surface area contributed by atoms with E-state index in [4.69, 9.17) is 16.2 Å². The summed E-state index contributed by atoms with van der Waals surface area (Å²) in [5, 5.41) is 7.42. The van der Waals surface area contributed by atoms with Crippen molar-refractivity contribution in [3.05, 3.63) is 11.4 Å². The Kier molecular flexibility index (Phi) is 4.62. The molecule has 3 rings (SSSR count). The minimum atomic E-state index is -0.978. The van der Waals surface area contributed by atoms with Gasteiger partial charge in [0.1, 0.15) is 0 Å². The van der Waals surface area contributed by atoms with Crippen LogP contribution in [0, 0.1) is 5.92 Å². The average Bonchev–Trinajstić information content (AvgIpc) is 3.15. The molecule has 1 saturated heterocycles. The van der Waals surface area contributed by atoms with Gasteiger partial charge in [0.25, 0.3) is 11.8 Å². The smallest absolute Gasteiger partial charge is 0.330 e. The lowest BCUT2D eigenvalue weighted by Crippen LogP contribution is -2.48. The third-order valence-corrected chi connectivity index (χ3v) is 5.02. The largest absolute Gasteiger partial charge is 0.467 e. The van der Waals surface area contributed by atoms with Crippen molar-refractivity contribution in [1.29, 1.82) is 0 Å². The van der Waals surface area contributed by atoms with Crippen LogP contribution < -0.4 is 11.5 Å². The summed E-state index contributed by atoms with van der Waals surface area (Å²) in [6, 6.07) is -1.71. The maximum absolute atomic E-state index is 12.7. The number of hydrogen-bond acceptors (Lipinski definition) is 7. The zero-order valence-corrected chi connectivity index (χ0v) is 14.3. The van der Waals surface area contributed by atoms with Gasteiger partial charge in [0.2, 0.25) is 5.91 Å². The molecule has 0 spiro atoms. The van der Waals surface area contributed by atoms with Crippen LogP contribution in [0.3, 0.4) is 0 Å². The van der Waals surface area contributed by atoms with Gasteiger partial charge < -0.3 is 21.1 Å². The molecule has 26 heavy (non-hydrogen) atoms. The lowest BCUT2D eigenvalue weighted by Gasteiger charge is -2.32. The zero-order chi connectivity index (χ0) is 19.0. The van der Waals surface area contributed by atoms with E-state index < -0.39 is 29.9 Å². The van der Waals surface area contributed by atoms with Crippen LogP contribution in [0.15, 0.2) is 0 Å². The van der Waals surface area contributed by atoms with E-state index in [0.29, 0.717) is 13.0 Å². The number of nitrogens with zero attached hydrogens (tertiary/aromatic N) is 4. The lowest BCUT2D eigenvalue weighted by molar-refractivity contribution is -0.154. The average molecular weight is 364 g/mol. The van der Waals surface area contributed by atoms with Gasteiger partial charge in [0, 0.05) is 12.5 Å². The van der Waals surface area contributed by atoms with Gasteiger partial charge in [0.15, 0.2) is 17.4 Å². The van der Waals surface area contributed by atoms with Crippen molar-refractivity contribution in [2.75, 3.05) is 13.7 Å². The Morgan fingerprint density at radius 3 is 2.31 bits per heavy atom. The number of nitrogens with two attached hydrogens (primary N) is 2. The van der Waals surface area contributed by atoms with E-state index in [1.807, 2.05) is 0 Å². The van der Waals surface area contributed by atoms with E-state index in [9.17, 15) is 19.2 Å². The Balaban J connectivity index is 1.99. The molecule has 1 aliphatic heterocycles. The molecule has 4 N–H and O–H groups in total. The van der Waals surface area contributed by atoms with Crippen LogP contribution in [0.25, 0.3) is 0 Å². The fourth-order valence-electron chi connectivity index (χ4n) is 3.50. The highest BCUT2D eigenvalue weighted by molar-refractivity contribution is 6.03. The molecule has 0 radical (unpaired) electrons. The maximum Gasteiger partial charge on any atom is 0.330 e. The van der Waals surface area contributed by atoms with Crippen LogP contribution in [0.2, 0.25) is 0 Å². The second-order valence-corrected chi connectivity index (χ2v) is 6.44. The van der Waals surface area contributed by atoms with Gasteiger partial charge >= 0.3 is 5.97 Å². The van der Waals surface area contributed by atoms with E-state index in [1.165, 1.54) is 12.0 Å². The van der Waals surface area contributed by atoms with Gasteiger partial charge in [-0.2, -0.15) is 0 Å². The number of carbonyl (C=O) groups is 4. The SMILES string of the molecule is COC(=O)[C@@H]1[C@@H](n2nnc(C(N)=O)c2C(N)=O)CCN1C(=O)C1CCC1. The Hall–Kier alpha value is -2.98. The second-order valence-electron chi connectivity index (χ2n) is 6.44. The minimum Gasteiger partial charge on any atom is -0.467 e. The third kappa shape index (κ3) is 2.78. The first-order valence-corrected chi connectivity index (χ1v) is 8.30. The first kappa shape index (κ1) is 17.8. The normalized spacial score (nSPS) is 22.7. The summed E-state index contributed by atoms with van der Waals surface area (Å²) in [6.07, 6.45) is 2.89. The van der Waals surface area contributed by atoms with E-state index in [1.54, 1.807) is 0 Å². The summed E-state index contributed by atoms with van der Waals surface area (Å²) in [6.45, 7) is 0.295. The van der Waals surface area contributed by atoms with Crippen LogP contribution in [0.1, 0.15) is 52.7 Å². The van der Waals surface area contributed by atoms with E-state index in [0.717, 1.165) is 23.9 Å². The van der Waals surface area contributed by atoms with Crippen LogP contribution >= 0.6 is 0 Å². The van der Waals surface area contributed by atoms with Crippen molar-refractivity contribution in [3.63, 3.8) is 0 Å². The Labute approximate surface area is 148 Å². The number of methoxy groups -OCH3 is 1. The predicted molar refractivity (Wildman–Crippen MR) is 85.6 cm³/mol. The number of likely N-dealkylation sites (tertiary alicyclic amines) is 1. The molecule has 11 nitrogen and oxygen atoms in total. The van der Waals surface area contributed by atoms with Gasteiger partial charge in [0.05, 0.1) is 13.2 Å². The number of amides is 3. The summed E-state index contributed by atoms with van der Waals surface area (Å²) in [7, 11) is 1.22. The molecule has 0 unspecified atom stereocenters. The highest BCUT2D eigenvalue weighted by Gasteiger charge is 2.47. The zero-order valence-electron chi connectivity index (χ0n) is 14.3. The second kappa shape index (κ2) is 6.73. The maximum atomic E-state index is 12.7. The topological polar surface area (TPSA) is 164 Å². The molecule has 2 fully saturated rings. The molecule has 3 amide bonds. The Bertz CT molecular complexity index is 771. The van der Waals surface area contributed by atoms with Crippen LogP contribution in [0.4, 0.5) is 0 Å². The number of carbonyl (C=O) groups excluding carboxylic acids is 4. The van der Waals surface area contributed by atoms with Crippen molar-refractivity contribution >= 4 is 23.7 Å². The number of rotatable bonds is 5. The molecule has 1 saturated carbocycles. The quantitative estimate of drug-likeness (QED) is 0.606.